The van der Waals surface area contributed by atoms with E-state index in [1.165, 1.54) is 17.0 Å². The van der Waals surface area contributed by atoms with Crippen LogP contribution >= 0.6 is 11.6 Å². The number of pyridine rings is 1. The van der Waals surface area contributed by atoms with Crippen LogP contribution in [0, 0.1) is 17.1 Å². The van der Waals surface area contributed by atoms with Crippen LogP contribution < -0.4 is 0 Å². The molecule has 3 rings (SSSR count). The normalized spacial score (nSPS) is 11.6. The number of hydrogen-bond donors (Lipinski definition) is 0. The van der Waals surface area contributed by atoms with Crippen molar-refractivity contribution in [3.05, 3.63) is 47.4 Å². The Hall–Kier alpha value is -2.52. The molecule has 0 spiro atoms. The van der Waals surface area contributed by atoms with Crippen LogP contribution in [0.4, 0.5) is 4.39 Å². The number of nitrogens with zero attached hydrogens (tertiary/aromatic N) is 5. The lowest BCUT2D eigenvalue weighted by Crippen LogP contribution is -2.16. The average molecular weight is 316 g/mol. The number of hydrogen-bond acceptors (Lipinski definition) is 4. The Morgan fingerprint density at radius 1 is 1.32 bits per heavy atom. The standard InChI is InChI=1S/C15H11ClFN5/c1-15(2,8-18)11-4-3-5-12(20-11)22-7-10(17)9-6-19-14(16)21-13(9)22/h3-7H,1-2H3. The molecule has 3 aromatic rings. The number of nitriles is 1. The van der Waals surface area contributed by atoms with E-state index in [1.807, 2.05) is 0 Å². The Labute approximate surface area is 131 Å². The third kappa shape index (κ3) is 2.30. The van der Waals surface area contributed by atoms with Gasteiger partial charge in [-0.05, 0) is 37.6 Å². The molecule has 0 saturated carbocycles. The predicted molar refractivity (Wildman–Crippen MR) is 80.3 cm³/mol. The van der Waals surface area contributed by atoms with Crippen LogP contribution in [0.3, 0.4) is 0 Å². The van der Waals surface area contributed by atoms with Crippen molar-refractivity contribution < 1.29 is 4.39 Å². The molecule has 0 bridgehead atoms. The van der Waals surface area contributed by atoms with Gasteiger partial charge in [0.05, 0.1) is 22.6 Å². The number of fused-ring (bicyclic) bond motifs is 1. The quantitative estimate of drug-likeness (QED) is 0.680. The van der Waals surface area contributed by atoms with Crippen molar-refractivity contribution in [1.82, 2.24) is 19.5 Å². The molecule has 0 radical (unpaired) electrons. The monoisotopic (exact) mass is 315 g/mol. The van der Waals surface area contributed by atoms with Gasteiger partial charge in [0.25, 0.3) is 0 Å². The molecule has 5 nitrogen and oxygen atoms in total. The maximum absolute atomic E-state index is 14.0. The molecule has 0 fully saturated rings. The first kappa shape index (κ1) is 14.4. The smallest absolute Gasteiger partial charge is 0.224 e. The zero-order valence-electron chi connectivity index (χ0n) is 11.9. The Morgan fingerprint density at radius 2 is 2.09 bits per heavy atom. The highest BCUT2D eigenvalue weighted by molar-refractivity contribution is 6.28. The van der Waals surface area contributed by atoms with Gasteiger partial charge in [0, 0.05) is 12.4 Å². The Balaban J connectivity index is 2.23. The molecule has 110 valence electrons. The maximum atomic E-state index is 14.0. The molecule has 3 aromatic heterocycles. The summed E-state index contributed by atoms with van der Waals surface area (Å²) in [5.74, 6) is 0.00269. The van der Waals surface area contributed by atoms with E-state index < -0.39 is 11.2 Å². The Morgan fingerprint density at radius 3 is 2.82 bits per heavy atom. The Kier molecular flexibility index (Phi) is 3.30. The number of aromatic nitrogens is 4. The first-order valence-electron chi connectivity index (χ1n) is 6.50. The molecule has 0 aromatic carbocycles. The summed E-state index contributed by atoms with van der Waals surface area (Å²) in [6, 6.07) is 7.44. The van der Waals surface area contributed by atoms with Crippen LogP contribution in [0.5, 0.6) is 0 Å². The summed E-state index contributed by atoms with van der Waals surface area (Å²) in [6.45, 7) is 3.54. The molecule has 3 heterocycles. The van der Waals surface area contributed by atoms with E-state index >= 15 is 0 Å². The molecule has 0 atom stereocenters. The highest BCUT2D eigenvalue weighted by Gasteiger charge is 2.22. The molecule has 0 saturated heterocycles. The van der Waals surface area contributed by atoms with Crippen molar-refractivity contribution >= 4 is 22.6 Å². The van der Waals surface area contributed by atoms with Gasteiger partial charge in [-0.1, -0.05) is 6.07 Å². The summed E-state index contributed by atoms with van der Waals surface area (Å²) in [5.41, 5.74) is 0.177. The second-order valence-electron chi connectivity index (χ2n) is 5.34. The zero-order valence-corrected chi connectivity index (χ0v) is 12.6. The van der Waals surface area contributed by atoms with Crippen molar-refractivity contribution in [3.8, 4) is 11.9 Å². The summed E-state index contributed by atoms with van der Waals surface area (Å²) in [4.78, 5) is 12.3. The second kappa shape index (κ2) is 5.04. The van der Waals surface area contributed by atoms with Crippen molar-refractivity contribution in [2.75, 3.05) is 0 Å². The lowest BCUT2D eigenvalue weighted by molar-refractivity contribution is 0.634. The van der Waals surface area contributed by atoms with E-state index in [2.05, 4.69) is 21.0 Å². The van der Waals surface area contributed by atoms with Crippen LogP contribution in [-0.2, 0) is 5.41 Å². The molecule has 0 unspecified atom stereocenters. The first-order valence-corrected chi connectivity index (χ1v) is 6.88. The summed E-state index contributed by atoms with van der Waals surface area (Å²) in [6.07, 6.45) is 2.61. The van der Waals surface area contributed by atoms with E-state index in [0.29, 0.717) is 17.2 Å². The van der Waals surface area contributed by atoms with Crippen LogP contribution in [0.1, 0.15) is 19.5 Å². The molecule has 0 N–H and O–H groups in total. The van der Waals surface area contributed by atoms with Gasteiger partial charge in [-0.2, -0.15) is 10.2 Å². The highest BCUT2D eigenvalue weighted by Crippen LogP contribution is 2.25. The third-order valence-corrected chi connectivity index (χ3v) is 3.55. The van der Waals surface area contributed by atoms with E-state index in [1.54, 1.807) is 32.0 Å². The van der Waals surface area contributed by atoms with Gasteiger partial charge in [0.1, 0.15) is 5.82 Å². The minimum atomic E-state index is -0.746. The number of halogens is 2. The van der Waals surface area contributed by atoms with E-state index in [-0.39, 0.29) is 10.7 Å². The fraction of sp³-hybridized carbons (Fsp3) is 0.200. The van der Waals surface area contributed by atoms with E-state index in [0.717, 1.165) is 0 Å². The molecule has 0 aliphatic rings. The van der Waals surface area contributed by atoms with Crippen LogP contribution in [0.25, 0.3) is 16.9 Å². The van der Waals surface area contributed by atoms with Gasteiger partial charge in [0.15, 0.2) is 11.5 Å². The summed E-state index contributed by atoms with van der Waals surface area (Å²) in [7, 11) is 0. The predicted octanol–water partition coefficient (Wildman–Crippen LogP) is 3.41. The topological polar surface area (TPSA) is 67.4 Å². The molecule has 22 heavy (non-hydrogen) atoms. The Bertz CT molecular complexity index is 910. The molecular formula is C15H11ClFN5. The molecule has 0 amide bonds. The molecule has 7 heteroatoms. The van der Waals surface area contributed by atoms with Gasteiger partial charge < -0.3 is 0 Å². The average Bonchev–Trinajstić information content (AvgIpc) is 2.84. The van der Waals surface area contributed by atoms with Crippen molar-refractivity contribution in [1.29, 1.82) is 5.26 Å². The van der Waals surface area contributed by atoms with Crippen LogP contribution in [0.2, 0.25) is 5.28 Å². The maximum Gasteiger partial charge on any atom is 0.224 e. The fourth-order valence-electron chi connectivity index (χ4n) is 2.09. The molecular weight excluding hydrogens is 305 g/mol. The largest absolute Gasteiger partial charge is 0.282 e. The SMILES string of the molecule is CC(C)(C#N)c1cccc(-n2cc(F)c3cnc(Cl)nc32)n1. The highest BCUT2D eigenvalue weighted by atomic mass is 35.5. The zero-order chi connectivity index (χ0) is 15.9. The van der Waals surface area contributed by atoms with E-state index in [9.17, 15) is 9.65 Å². The summed E-state index contributed by atoms with van der Waals surface area (Å²) < 4.78 is 15.5. The third-order valence-electron chi connectivity index (χ3n) is 3.37. The van der Waals surface area contributed by atoms with Crippen LogP contribution in [0.15, 0.2) is 30.6 Å². The summed E-state index contributed by atoms with van der Waals surface area (Å²) >= 11 is 5.79. The van der Waals surface area contributed by atoms with E-state index in [4.69, 9.17) is 11.6 Å². The van der Waals surface area contributed by atoms with Gasteiger partial charge >= 0.3 is 0 Å². The minimum absolute atomic E-state index is 0.0281. The molecule has 0 aliphatic heterocycles. The second-order valence-corrected chi connectivity index (χ2v) is 5.68. The van der Waals surface area contributed by atoms with Gasteiger partial charge in [-0.3, -0.25) is 4.57 Å². The summed E-state index contributed by atoms with van der Waals surface area (Å²) in [5, 5.41) is 9.51. The van der Waals surface area contributed by atoms with Crippen molar-refractivity contribution in [2.24, 2.45) is 0 Å². The fourth-order valence-corrected chi connectivity index (χ4v) is 2.21. The lowest BCUT2D eigenvalue weighted by atomic mass is 9.91. The lowest BCUT2D eigenvalue weighted by Gasteiger charge is -2.15. The van der Waals surface area contributed by atoms with Crippen molar-refractivity contribution in [3.63, 3.8) is 0 Å². The van der Waals surface area contributed by atoms with Gasteiger partial charge in [0.2, 0.25) is 5.28 Å². The van der Waals surface area contributed by atoms with Gasteiger partial charge in [-0.25, -0.2) is 14.4 Å². The minimum Gasteiger partial charge on any atom is -0.282 e. The van der Waals surface area contributed by atoms with Crippen molar-refractivity contribution in [2.45, 2.75) is 19.3 Å². The van der Waals surface area contributed by atoms with Crippen LogP contribution in [-0.4, -0.2) is 19.5 Å². The first-order chi connectivity index (χ1) is 10.4. The molecule has 0 aliphatic carbocycles. The number of rotatable bonds is 2. The van der Waals surface area contributed by atoms with Gasteiger partial charge in [-0.15, -0.1) is 0 Å².